The second kappa shape index (κ2) is 5.28. The van der Waals surface area contributed by atoms with Crippen LogP contribution in [0.15, 0.2) is 35.6 Å². The van der Waals surface area contributed by atoms with Crippen LogP contribution in [0.1, 0.15) is 0 Å². The van der Waals surface area contributed by atoms with E-state index in [2.05, 4.69) is 4.84 Å². The van der Waals surface area contributed by atoms with E-state index < -0.39 is 22.7 Å². The van der Waals surface area contributed by atoms with Crippen LogP contribution in [-0.4, -0.2) is 32.9 Å². The van der Waals surface area contributed by atoms with Gasteiger partial charge in [-0.25, -0.2) is 0 Å². The smallest absolute Gasteiger partial charge is 0.233 e. The monoisotopic (exact) mass is 228 g/mol. The lowest BCUT2D eigenvalue weighted by Crippen LogP contribution is -2.18. The SMILES string of the molecule is [O-]N(O)OCC(O)=C1C=CC=CC1=[N+]([O-])[O-]. The molecule has 8 nitrogen and oxygen atoms in total. The summed E-state index contributed by atoms with van der Waals surface area (Å²) in [6.07, 6.45) is 5.40. The van der Waals surface area contributed by atoms with Gasteiger partial charge in [-0.05, 0) is 6.08 Å². The molecule has 0 heterocycles. The Morgan fingerprint density at radius 1 is 1.38 bits per heavy atom. The highest BCUT2D eigenvalue weighted by Gasteiger charge is 2.16. The van der Waals surface area contributed by atoms with Crippen molar-refractivity contribution in [3.8, 4) is 0 Å². The van der Waals surface area contributed by atoms with Gasteiger partial charge in [0.05, 0.1) is 5.57 Å². The zero-order valence-electron chi connectivity index (χ0n) is 7.94. The number of aliphatic hydroxyl groups excluding tert-OH is 1. The van der Waals surface area contributed by atoms with E-state index in [1.165, 1.54) is 24.3 Å². The molecule has 0 amide bonds. The van der Waals surface area contributed by atoms with Gasteiger partial charge in [0.15, 0.2) is 0 Å². The Balaban J connectivity index is 2.91. The van der Waals surface area contributed by atoms with Gasteiger partial charge in [0, 0.05) is 6.08 Å². The Labute approximate surface area is 89.9 Å². The maximum atomic E-state index is 10.6. The van der Waals surface area contributed by atoms with Crippen LogP contribution in [0.5, 0.6) is 0 Å². The molecule has 88 valence electrons. The molecule has 2 N–H and O–H groups in total. The molecule has 0 radical (unpaired) electrons. The molecule has 0 spiro atoms. The third-order valence-electron chi connectivity index (χ3n) is 1.72. The Morgan fingerprint density at radius 2 is 2.00 bits per heavy atom. The van der Waals surface area contributed by atoms with Crippen LogP contribution in [0.4, 0.5) is 0 Å². The molecule has 1 aliphatic rings. The molecule has 1 rings (SSSR count). The van der Waals surface area contributed by atoms with Crippen LogP contribution >= 0.6 is 0 Å². The highest BCUT2D eigenvalue weighted by molar-refractivity contribution is 6.08. The average Bonchev–Trinajstić information content (AvgIpc) is 2.25. The largest absolute Gasteiger partial charge is 0.738 e. The molecule has 0 saturated heterocycles. The minimum absolute atomic E-state index is 0.0747. The minimum atomic E-state index is -0.842. The average molecular weight is 228 g/mol. The summed E-state index contributed by atoms with van der Waals surface area (Å²) in [6.45, 7) is -0.662. The molecular weight excluding hydrogens is 220 g/mol. The first kappa shape index (κ1) is 12.2. The number of allylic oxidation sites excluding steroid dienone is 5. The third-order valence-corrected chi connectivity index (χ3v) is 1.72. The summed E-state index contributed by atoms with van der Waals surface area (Å²) in [5.74, 6) is -0.526. The summed E-state index contributed by atoms with van der Waals surface area (Å²) in [5.41, 5.74) is -0.395. The summed E-state index contributed by atoms with van der Waals surface area (Å²) < 4.78 is 0. The lowest BCUT2D eigenvalue weighted by atomic mass is 10.0. The van der Waals surface area contributed by atoms with Gasteiger partial charge in [-0.1, -0.05) is 12.2 Å². The van der Waals surface area contributed by atoms with Gasteiger partial charge < -0.3 is 25.9 Å². The van der Waals surface area contributed by atoms with E-state index in [1.807, 2.05) is 0 Å². The molecular formula is C8H8N2O6-2. The summed E-state index contributed by atoms with van der Waals surface area (Å²) in [4.78, 5) is 3.34. The normalized spacial score (nSPS) is 18.1. The fourth-order valence-electron chi connectivity index (χ4n) is 1.07. The molecule has 0 aromatic heterocycles. The van der Waals surface area contributed by atoms with Gasteiger partial charge in [0.25, 0.3) is 0 Å². The van der Waals surface area contributed by atoms with E-state index in [4.69, 9.17) is 5.21 Å². The van der Waals surface area contributed by atoms with Crippen LogP contribution in [-0.2, 0) is 4.84 Å². The highest BCUT2D eigenvalue weighted by atomic mass is 17.1. The second-order valence-electron chi connectivity index (χ2n) is 2.73. The number of rotatable bonds is 3. The number of aliphatic hydroxyl groups is 1. The fraction of sp³-hybridized carbons (Fsp3) is 0.125. The lowest BCUT2D eigenvalue weighted by Gasteiger charge is -2.18. The van der Waals surface area contributed by atoms with Crippen molar-refractivity contribution in [3.63, 3.8) is 0 Å². The van der Waals surface area contributed by atoms with E-state index in [0.717, 1.165) is 0 Å². The predicted octanol–water partition coefficient (Wildman–Crippen LogP) is 0.494. The summed E-state index contributed by atoms with van der Waals surface area (Å²) >= 11 is 0. The van der Waals surface area contributed by atoms with E-state index >= 15 is 0 Å². The number of hydrogen-bond donors (Lipinski definition) is 2. The first-order valence-electron chi connectivity index (χ1n) is 4.10. The van der Waals surface area contributed by atoms with Gasteiger partial charge in [-0.3, -0.25) is 4.84 Å². The first-order chi connectivity index (χ1) is 7.52. The molecule has 8 heteroatoms. The van der Waals surface area contributed by atoms with E-state index in [-0.39, 0.29) is 11.3 Å². The molecule has 0 bridgehead atoms. The van der Waals surface area contributed by atoms with Gasteiger partial charge >= 0.3 is 0 Å². The Bertz CT molecular complexity index is 378. The van der Waals surface area contributed by atoms with Crippen LogP contribution < -0.4 is 0 Å². The maximum absolute atomic E-state index is 10.6. The van der Waals surface area contributed by atoms with Crippen LogP contribution in [0.25, 0.3) is 0 Å². The molecule has 0 unspecified atom stereocenters. The Kier molecular flexibility index (Phi) is 4.03. The van der Waals surface area contributed by atoms with E-state index in [0.29, 0.717) is 0 Å². The molecule has 0 fully saturated rings. The predicted molar refractivity (Wildman–Crippen MR) is 52.9 cm³/mol. The standard InChI is InChI=1S/C8H8N2O6/c11-8(5-16-10(14)15)6-3-1-2-4-7(6)9(12)13/h1-4,14H,5H2,(H-,11,12,13)/q-2. The van der Waals surface area contributed by atoms with Crippen LogP contribution in [0, 0.1) is 15.6 Å². The molecule has 1 aliphatic carbocycles. The first-order valence-corrected chi connectivity index (χ1v) is 4.10. The molecule has 0 atom stereocenters. The van der Waals surface area contributed by atoms with Gasteiger partial charge in [-0.2, -0.15) is 4.90 Å². The van der Waals surface area contributed by atoms with E-state index in [1.54, 1.807) is 0 Å². The van der Waals surface area contributed by atoms with Gasteiger partial charge in [0.1, 0.15) is 12.4 Å². The zero-order chi connectivity index (χ0) is 12.1. The van der Waals surface area contributed by atoms with Crippen molar-refractivity contribution in [2.45, 2.75) is 0 Å². The van der Waals surface area contributed by atoms with Gasteiger partial charge in [-0.15, -0.1) is 5.39 Å². The molecule has 16 heavy (non-hydrogen) atoms. The topological polar surface area (TPSA) is 125 Å². The van der Waals surface area contributed by atoms with Crippen LogP contribution in [0.3, 0.4) is 0 Å². The minimum Gasteiger partial charge on any atom is -0.738 e. The maximum Gasteiger partial charge on any atom is 0.233 e. The highest BCUT2D eigenvalue weighted by Crippen LogP contribution is 2.12. The van der Waals surface area contributed by atoms with Gasteiger partial charge in [0.2, 0.25) is 5.71 Å². The van der Waals surface area contributed by atoms with Crippen molar-refractivity contribution in [2.24, 2.45) is 0 Å². The Hall–Kier alpha value is -1.87. The van der Waals surface area contributed by atoms with Crippen molar-refractivity contribution in [1.82, 2.24) is 5.39 Å². The zero-order valence-corrected chi connectivity index (χ0v) is 7.94. The summed E-state index contributed by atoms with van der Waals surface area (Å²) in [5, 5.41) is 47.8. The van der Waals surface area contributed by atoms with E-state index in [9.17, 15) is 20.7 Å². The number of nitrogens with zero attached hydrogens (tertiary/aromatic N) is 2. The van der Waals surface area contributed by atoms with Crippen molar-refractivity contribution in [3.05, 3.63) is 51.3 Å². The lowest BCUT2D eigenvalue weighted by molar-refractivity contribution is -0.377. The molecule has 0 aliphatic heterocycles. The fourth-order valence-corrected chi connectivity index (χ4v) is 1.07. The second-order valence-corrected chi connectivity index (χ2v) is 2.73. The molecule has 0 saturated carbocycles. The third kappa shape index (κ3) is 3.07. The van der Waals surface area contributed by atoms with Crippen molar-refractivity contribution >= 4 is 5.71 Å². The summed E-state index contributed by atoms with van der Waals surface area (Å²) in [7, 11) is 0. The quantitative estimate of drug-likeness (QED) is 0.409. The Morgan fingerprint density at radius 3 is 2.56 bits per heavy atom. The van der Waals surface area contributed by atoms with Crippen LogP contribution in [0.2, 0.25) is 0 Å². The van der Waals surface area contributed by atoms with Crippen molar-refractivity contribution in [1.29, 1.82) is 0 Å². The molecule has 0 aromatic rings. The number of hydrogen-bond acceptors (Lipinski definition) is 7. The van der Waals surface area contributed by atoms with Crippen molar-refractivity contribution in [2.75, 3.05) is 6.61 Å². The molecule has 0 aromatic carbocycles. The van der Waals surface area contributed by atoms with Crippen molar-refractivity contribution < 1.29 is 20.1 Å². The summed E-state index contributed by atoms with van der Waals surface area (Å²) in [6, 6.07) is 0.